The average Bonchev–Trinajstić information content (AvgIpc) is 2.20. The molecule has 1 unspecified atom stereocenters. The number of likely N-dealkylation sites (tertiary alicyclic amines) is 1. The van der Waals surface area contributed by atoms with E-state index < -0.39 is 5.60 Å². The van der Waals surface area contributed by atoms with Crippen LogP contribution in [0, 0.1) is 11.8 Å². The molecular weight excluding hydrogens is 204 g/mol. The SMILES string of the molecule is CCCC(CN)C(=O)N1CC(O)(C(C)C)C1. The summed E-state index contributed by atoms with van der Waals surface area (Å²) in [5, 5.41) is 10.1. The highest BCUT2D eigenvalue weighted by Gasteiger charge is 2.46. The summed E-state index contributed by atoms with van der Waals surface area (Å²) in [6.07, 6.45) is 1.81. The lowest BCUT2D eigenvalue weighted by Gasteiger charge is -2.50. The predicted octanol–water partition coefficient (Wildman–Crippen LogP) is 0.591. The van der Waals surface area contributed by atoms with E-state index in [4.69, 9.17) is 5.73 Å². The first-order valence-corrected chi connectivity index (χ1v) is 6.15. The molecule has 0 aromatic heterocycles. The van der Waals surface area contributed by atoms with Crippen LogP contribution in [-0.2, 0) is 4.79 Å². The smallest absolute Gasteiger partial charge is 0.227 e. The van der Waals surface area contributed by atoms with Crippen LogP contribution in [0.25, 0.3) is 0 Å². The molecule has 16 heavy (non-hydrogen) atoms. The minimum atomic E-state index is -0.680. The van der Waals surface area contributed by atoms with Crippen molar-refractivity contribution in [3.63, 3.8) is 0 Å². The maximum absolute atomic E-state index is 12.0. The molecule has 1 heterocycles. The number of carbonyl (C=O) groups is 1. The van der Waals surface area contributed by atoms with E-state index in [9.17, 15) is 9.90 Å². The van der Waals surface area contributed by atoms with Gasteiger partial charge in [-0.25, -0.2) is 0 Å². The van der Waals surface area contributed by atoms with E-state index in [0.717, 1.165) is 12.8 Å². The molecule has 1 fully saturated rings. The van der Waals surface area contributed by atoms with Crippen LogP contribution in [0.15, 0.2) is 0 Å². The molecule has 0 aliphatic carbocycles. The second-order valence-electron chi connectivity index (χ2n) is 5.17. The lowest BCUT2D eigenvalue weighted by atomic mass is 9.82. The molecule has 1 saturated heterocycles. The largest absolute Gasteiger partial charge is 0.386 e. The second-order valence-corrected chi connectivity index (χ2v) is 5.17. The Bertz CT molecular complexity index is 247. The number of carbonyl (C=O) groups excluding carboxylic acids is 1. The Hall–Kier alpha value is -0.610. The van der Waals surface area contributed by atoms with Crippen LogP contribution >= 0.6 is 0 Å². The molecule has 0 spiro atoms. The molecule has 1 atom stereocenters. The van der Waals surface area contributed by atoms with Gasteiger partial charge in [0, 0.05) is 6.54 Å². The third-order valence-electron chi connectivity index (χ3n) is 3.59. The molecular formula is C12H24N2O2. The summed E-state index contributed by atoms with van der Waals surface area (Å²) in [6.45, 7) is 7.34. The Morgan fingerprint density at radius 1 is 1.50 bits per heavy atom. The van der Waals surface area contributed by atoms with Crippen LogP contribution in [0.4, 0.5) is 0 Å². The molecule has 0 aromatic rings. The zero-order valence-corrected chi connectivity index (χ0v) is 10.6. The van der Waals surface area contributed by atoms with Crippen molar-refractivity contribution < 1.29 is 9.90 Å². The van der Waals surface area contributed by atoms with Crippen LogP contribution in [0.3, 0.4) is 0 Å². The fourth-order valence-corrected chi connectivity index (χ4v) is 2.08. The predicted molar refractivity (Wildman–Crippen MR) is 63.8 cm³/mol. The number of hydrogen-bond acceptors (Lipinski definition) is 3. The van der Waals surface area contributed by atoms with E-state index in [-0.39, 0.29) is 17.7 Å². The van der Waals surface area contributed by atoms with Crippen molar-refractivity contribution in [1.82, 2.24) is 4.90 Å². The van der Waals surface area contributed by atoms with Crippen LogP contribution in [0.2, 0.25) is 0 Å². The third-order valence-corrected chi connectivity index (χ3v) is 3.59. The van der Waals surface area contributed by atoms with Crippen LogP contribution < -0.4 is 5.73 Å². The zero-order valence-electron chi connectivity index (χ0n) is 10.6. The highest BCUT2D eigenvalue weighted by Crippen LogP contribution is 2.30. The molecule has 1 rings (SSSR count). The van der Waals surface area contributed by atoms with Crippen LogP contribution in [-0.4, -0.2) is 41.1 Å². The topological polar surface area (TPSA) is 66.6 Å². The number of amides is 1. The van der Waals surface area contributed by atoms with Gasteiger partial charge in [-0.15, -0.1) is 0 Å². The Balaban J connectivity index is 2.47. The Labute approximate surface area is 97.8 Å². The van der Waals surface area contributed by atoms with Gasteiger partial charge >= 0.3 is 0 Å². The molecule has 1 aliphatic heterocycles. The third kappa shape index (κ3) is 2.55. The van der Waals surface area contributed by atoms with Crippen molar-refractivity contribution in [2.24, 2.45) is 17.6 Å². The Morgan fingerprint density at radius 3 is 2.44 bits per heavy atom. The maximum atomic E-state index is 12.0. The summed E-state index contributed by atoms with van der Waals surface area (Å²) in [4.78, 5) is 13.7. The summed E-state index contributed by atoms with van der Waals surface area (Å²) in [5.41, 5.74) is 4.91. The summed E-state index contributed by atoms with van der Waals surface area (Å²) in [7, 11) is 0. The molecule has 0 bridgehead atoms. The minimum absolute atomic E-state index is 0.0679. The van der Waals surface area contributed by atoms with Gasteiger partial charge in [-0.2, -0.15) is 0 Å². The molecule has 4 heteroatoms. The fourth-order valence-electron chi connectivity index (χ4n) is 2.08. The first-order chi connectivity index (χ1) is 7.44. The summed E-state index contributed by atoms with van der Waals surface area (Å²) < 4.78 is 0. The summed E-state index contributed by atoms with van der Waals surface area (Å²) in [6, 6.07) is 0. The second kappa shape index (κ2) is 5.15. The Kier molecular flexibility index (Phi) is 4.33. The van der Waals surface area contributed by atoms with Crippen molar-refractivity contribution in [3.8, 4) is 0 Å². The van der Waals surface area contributed by atoms with E-state index in [2.05, 4.69) is 6.92 Å². The summed E-state index contributed by atoms with van der Waals surface area (Å²) >= 11 is 0. The van der Waals surface area contributed by atoms with Gasteiger partial charge in [-0.05, 0) is 12.3 Å². The quantitative estimate of drug-likeness (QED) is 0.724. The lowest BCUT2D eigenvalue weighted by Crippen LogP contribution is -2.67. The number of nitrogens with zero attached hydrogens (tertiary/aromatic N) is 1. The Morgan fingerprint density at radius 2 is 2.06 bits per heavy atom. The van der Waals surface area contributed by atoms with Gasteiger partial charge in [0.2, 0.25) is 5.91 Å². The van der Waals surface area contributed by atoms with Gasteiger partial charge in [0.05, 0.1) is 19.0 Å². The first kappa shape index (κ1) is 13.5. The monoisotopic (exact) mass is 228 g/mol. The van der Waals surface area contributed by atoms with Gasteiger partial charge in [0.25, 0.3) is 0 Å². The van der Waals surface area contributed by atoms with Gasteiger partial charge in [-0.3, -0.25) is 4.79 Å². The molecule has 4 nitrogen and oxygen atoms in total. The van der Waals surface area contributed by atoms with Gasteiger partial charge in [0.1, 0.15) is 5.60 Å². The fraction of sp³-hybridized carbons (Fsp3) is 0.917. The van der Waals surface area contributed by atoms with Crippen LogP contribution in [0.1, 0.15) is 33.6 Å². The number of rotatable bonds is 5. The van der Waals surface area contributed by atoms with E-state index in [0.29, 0.717) is 19.6 Å². The van der Waals surface area contributed by atoms with Crippen molar-refractivity contribution in [2.45, 2.75) is 39.2 Å². The van der Waals surface area contributed by atoms with Crippen molar-refractivity contribution in [3.05, 3.63) is 0 Å². The molecule has 1 aliphatic rings. The van der Waals surface area contributed by atoms with Crippen LogP contribution in [0.5, 0.6) is 0 Å². The molecule has 0 radical (unpaired) electrons. The van der Waals surface area contributed by atoms with Crippen molar-refractivity contribution in [1.29, 1.82) is 0 Å². The minimum Gasteiger partial charge on any atom is -0.386 e. The molecule has 3 N–H and O–H groups in total. The number of hydrogen-bond donors (Lipinski definition) is 2. The zero-order chi connectivity index (χ0) is 12.3. The van der Waals surface area contributed by atoms with E-state index >= 15 is 0 Å². The van der Waals surface area contributed by atoms with E-state index in [1.165, 1.54) is 0 Å². The molecule has 94 valence electrons. The van der Waals surface area contributed by atoms with Gasteiger partial charge in [0.15, 0.2) is 0 Å². The van der Waals surface area contributed by atoms with Gasteiger partial charge in [-0.1, -0.05) is 27.2 Å². The average molecular weight is 228 g/mol. The van der Waals surface area contributed by atoms with Crippen molar-refractivity contribution in [2.75, 3.05) is 19.6 Å². The first-order valence-electron chi connectivity index (χ1n) is 6.15. The van der Waals surface area contributed by atoms with Gasteiger partial charge < -0.3 is 15.7 Å². The standard InChI is InChI=1S/C12H24N2O2/c1-4-5-10(6-13)11(15)14-7-12(16,8-14)9(2)3/h9-10,16H,4-8,13H2,1-3H3. The molecule has 0 saturated carbocycles. The maximum Gasteiger partial charge on any atom is 0.227 e. The van der Waals surface area contributed by atoms with Crippen molar-refractivity contribution >= 4 is 5.91 Å². The normalized spacial score (nSPS) is 20.8. The number of aliphatic hydroxyl groups is 1. The van der Waals surface area contributed by atoms with E-state index in [1.807, 2.05) is 13.8 Å². The molecule has 1 amide bonds. The lowest BCUT2D eigenvalue weighted by molar-refractivity contribution is -0.167. The number of nitrogens with two attached hydrogens (primary N) is 1. The highest BCUT2D eigenvalue weighted by atomic mass is 16.3. The number of β-amino-alcohol motifs (C(OH)–C–C–N with tert-alkyl or cyclic N) is 1. The highest BCUT2D eigenvalue weighted by molar-refractivity contribution is 5.80. The van der Waals surface area contributed by atoms with E-state index in [1.54, 1.807) is 4.90 Å². The summed E-state index contributed by atoms with van der Waals surface area (Å²) in [5.74, 6) is 0.232. The molecule has 0 aromatic carbocycles.